The van der Waals surface area contributed by atoms with Crippen molar-refractivity contribution in [2.45, 2.75) is 54.0 Å². The summed E-state index contributed by atoms with van der Waals surface area (Å²) >= 11 is 1.90. The summed E-state index contributed by atoms with van der Waals surface area (Å²) in [4.78, 5) is 47.4. The summed E-state index contributed by atoms with van der Waals surface area (Å²) in [6.45, 7) is 1.66. The first-order chi connectivity index (χ1) is 13.2. The molecule has 1 aliphatic rings. The first-order valence-corrected chi connectivity index (χ1v) is 10.2. The normalized spacial score (nSPS) is 22.6. The Labute approximate surface area is 176 Å². The van der Waals surface area contributed by atoms with Crippen LogP contribution in [0, 0.1) is 0 Å². The Morgan fingerprint density at radius 3 is 2.36 bits per heavy atom. The Bertz CT molecular complexity index is 754. The molecule has 152 valence electrons. The zero-order valence-electron chi connectivity index (χ0n) is 15.4. The summed E-state index contributed by atoms with van der Waals surface area (Å²) in [6.07, 6.45) is 0.414. The van der Waals surface area contributed by atoms with Crippen LogP contribution in [0.3, 0.4) is 0 Å². The molecule has 0 aliphatic heterocycles. The Hall–Kier alpha value is -2.17. The van der Waals surface area contributed by atoms with Crippen LogP contribution in [0.4, 0.5) is 0 Å². The zero-order chi connectivity index (χ0) is 20.9. The molecule has 9 heteroatoms. The van der Waals surface area contributed by atoms with E-state index in [0.29, 0.717) is 0 Å². The van der Waals surface area contributed by atoms with Gasteiger partial charge in [0.2, 0.25) is 11.8 Å². The van der Waals surface area contributed by atoms with Gasteiger partial charge < -0.3 is 20.8 Å². The Morgan fingerprint density at radius 2 is 1.82 bits per heavy atom. The van der Waals surface area contributed by atoms with E-state index in [1.807, 2.05) is 40.8 Å². The summed E-state index contributed by atoms with van der Waals surface area (Å²) in [5.41, 5.74) is -0.595. The third kappa shape index (κ3) is 5.43. The molecule has 8 nitrogen and oxygen atoms in total. The fraction of sp³-hybridized carbons (Fsp3) is 0.474. The lowest BCUT2D eigenvalue weighted by molar-refractivity contribution is -0.143. The van der Waals surface area contributed by atoms with Gasteiger partial charge in [0.15, 0.2) is 0 Å². The standard InChI is InChI=1S/C19H23IN2O6/c1-11(20)16(25)21-14(8-5-9-15(23)24)17(26)22-19(18(27)28)10-13(19)12-6-3-2-4-7-12/h2-4,6-7,11,13-14H,5,8-10H2,1H3,(H,21,25)(H,22,26)(H,23,24)(H,27,28)/t11-,13-,14-,19?/m0/s1. The van der Waals surface area contributed by atoms with Gasteiger partial charge in [-0.05, 0) is 31.7 Å². The zero-order valence-corrected chi connectivity index (χ0v) is 17.5. The fourth-order valence-electron chi connectivity index (χ4n) is 3.10. The highest BCUT2D eigenvalue weighted by Crippen LogP contribution is 2.51. The average molecular weight is 502 g/mol. The fourth-order valence-corrected chi connectivity index (χ4v) is 3.28. The number of amides is 2. The van der Waals surface area contributed by atoms with Crippen molar-refractivity contribution in [1.82, 2.24) is 10.6 Å². The van der Waals surface area contributed by atoms with Crippen LogP contribution in [-0.2, 0) is 19.2 Å². The minimum atomic E-state index is -1.41. The van der Waals surface area contributed by atoms with Crippen LogP contribution < -0.4 is 10.6 Å². The van der Waals surface area contributed by atoms with Crippen molar-refractivity contribution in [3.05, 3.63) is 35.9 Å². The Kier molecular flexibility index (Phi) is 7.39. The molecule has 0 spiro atoms. The number of carboxylic acid groups (broad SMARTS) is 2. The SMILES string of the molecule is C[C@H](I)C(=O)N[C@@H](CCCC(=O)O)C(=O)NC1(C(=O)O)C[C@H]1c1ccccc1. The predicted octanol–water partition coefficient (Wildman–Crippen LogP) is 1.68. The molecule has 1 fully saturated rings. The lowest BCUT2D eigenvalue weighted by atomic mass is 10.0. The van der Waals surface area contributed by atoms with E-state index in [9.17, 15) is 24.3 Å². The molecule has 4 atom stereocenters. The van der Waals surface area contributed by atoms with Gasteiger partial charge in [-0.1, -0.05) is 52.9 Å². The maximum Gasteiger partial charge on any atom is 0.330 e. The van der Waals surface area contributed by atoms with Crippen molar-refractivity contribution in [2.75, 3.05) is 0 Å². The highest BCUT2D eigenvalue weighted by molar-refractivity contribution is 14.1. The quantitative estimate of drug-likeness (QED) is 0.284. The van der Waals surface area contributed by atoms with Crippen LogP contribution >= 0.6 is 22.6 Å². The van der Waals surface area contributed by atoms with E-state index < -0.39 is 33.4 Å². The number of alkyl halides is 1. The van der Waals surface area contributed by atoms with Crippen LogP contribution in [0.15, 0.2) is 30.3 Å². The number of carboxylic acids is 2. The van der Waals surface area contributed by atoms with Gasteiger partial charge in [-0.15, -0.1) is 0 Å². The minimum absolute atomic E-state index is 0.110. The highest BCUT2D eigenvalue weighted by atomic mass is 127. The second kappa shape index (κ2) is 9.35. The first kappa shape index (κ1) is 22.1. The third-order valence-corrected chi connectivity index (χ3v) is 5.33. The molecule has 28 heavy (non-hydrogen) atoms. The number of aliphatic carboxylic acids is 2. The topological polar surface area (TPSA) is 133 Å². The van der Waals surface area contributed by atoms with Crippen molar-refractivity contribution in [2.24, 2.45) is 0 Å². The smallest absolute Gasteiger partial charge is 0.330 e. The summed E-state index contributed by atoms with van der Waals surface area (Å²) in [7, 11) is 0. The lowest BCUT2D eigenvalue weighted by Gasteiger charge is -2.22. The maximum absolute atomic E-state index is 12.8. The van der Waals surface area contributed by atoms with E-state index in [1.165, 1.54) is 0 Å². The molecule has 1 aromatic carbocycles. The summed E-state index contributed by atoms with van der Waals surface area (Å²) in [6, 6.07) is 8.07. The van der Waals surface area contributed by atoms with E-state index in [0.717, 1.165) is 5.56 Å². The average Bonchev–Trinajstić information content (AvgIpc) is 3.36. The number of rotatable bonds is 10. The second-order valence-electron chi connectivity index (χ2n) is 6.90. The first-order valence-electron chi connectivity index (χ1n) is 8.94. The van der Waals surface area contributed by atoms with Crippen LogP contribution in [-0.4, -0.2) is 49.5 Å². The molecule has 0 aromatic heterocycles. The Balaban J connectivity index is 2.12. The molecule has 0 saturated heterocycles. The molecule has 0 bridgehead atoms. The summed E-state index contributed by atoms with van der Waals surface area (Å²) < 4.78 is -0.390. The molecule has 2 amide bonds. The molecule has 1 unspecified atom stereocenters. The molecule has 4 N–H and O–H groups in total. The number of benzene rings is 1. The van der Waals surface area contributed by atoms with Crippen LogP contribution in [0.2, 0.25) is 0 Å². The van der Waals surface area contributed by atoms with Crippen LogP contribution in [0.25, 0.3) is 0 Å². The largest absolute Gasteiger partial charge is 0.481 e. The van der Waals surface area contributed by atoms with Crippen molar-refractivity contribution < 1.29 is 29.4 Å². The van der Waals surface area contributed by atoms with Gasteiger partial charge in [0, 0.05) is 12.3 Å². The van der Waals surface area contributed by atoms with E-state index in [2.05, 4.69) is 10.6 Å². The highest BCUT2D eigenvalue weighted by Gasteiger charge is 2.62. The van der Waals surface area contributed by atoms with Gasteiger partial charge in [0.05, 0.1) is 3.92 Å². The molecular weight excluding hydrogens is 479 g/mol. The molecule has 0 heterocycles. The number of nitrogens with one attached hydrogen (secondary N) is 2. The number of hydrogen-bond donors (Lipinski definition) is 4. The molecular formula is C19H23IN2O6. The van der Waals surface area contributed by atoms with Gasteiger partial charge in [-0.2, -0.15) is 0 Å². The predicted molar refractivity (Wildman–Crippen MR) is 109 cm³/mol. The van der Waals surface area contributed by atoms with Crippen molar-refractivity contribution in [3.8, 4) is 0 Å². The summed E-state index contributed by atoms with van der Waals surface area (Å²) in [5, 5.41) is 23.7. The molecule has 0 radical (unpaired) electrons. The van der Waals surface area contributed by atoms with Crippen LogP contribution in [0.5, 0.6) is 0 Å². The van der Waals surface area contributed by atoms with Crippen molar-refractivity contribution >= 4 is 46.3 Å². The van der Waals surface area contributed by atoms with Crippen molar-refractivity contribution in [3.63, 3.8) is 0 Å². The van der Waals surface area contributed by atoms with E-state index in [1.54, 1.807) is 19.1 Å². The molecule has 1 aliphatic carbocycles. The van der Waals surface area contributed by atoms with Gasteiger partial charge >= 0.3 is 11.9 Å². The van der Waals surface area contributed by atoms with Gasteiger partial charge in [-0.25, -0.2) is 4.79 Å². The van der Waals surface area contributed by atoms with E-state index >= 15 is 0 Å². The van der Waals surface area contributed by atoms with Crippen LogP contribution in [0.1, 0.15) is 44.1 Å². The monoisotopic (exact) mass is 502 g/mol. The molecule has 1 aromatic rings. The molecule has 2 rings (SSSR count). The third-order valence-electron chi connectivity index (χ3n) is 4.77. The van der Waals surface area contributed by atoms with E-state index in [4.69, 9.17) is 5.11 Å². The van der Waals surface area contributed by atoms with Gasteiger partial charge in [-0.3, -0.25) is 14.4 Å². The van der Waals surface area contributed by atoms with Gasteiger partial charge in [0.1, 0.15) is 11.6 Å². The number of hydrogen-bond acceptors (Lipinski definition) is 4. The second-order valence-corrected chi connectivity index (χ2v) is 8.76. The van der Waals surface area contributed by atoms with Gasteiger partial charge in [0.25, 0.3) is 0 Å². The number of halogens is 1. The Morgan fingerprint density at radius 1 is 1.18 bits per heavy atom. The van der Waals surface area contributed by atoms with E-state index in [-0.39, 0.29) is 37.5 Å². The number of carbonyl (C=O) groups excluding carboxylic acids is 2. The molecule has 1 saturated carbocycles. The number of carbonyl (C=O) groups is 4. The minimum Gasteiger partial charge on any atom is -0.481 e. The lowest BCUT2D eigenvalue weighted by Crippen LogP contribution is -2.54. The maximum atomic E-state index is 12.8. The van der Waals surface area contributed by atoms with Crippen molar-refractivity contribution in [1.29, 1.82) is 0 Å². The summed E-state index contributed by atoms with van der Waals surface area (Å²) in [5.74, 6) is -3.46.